The first-order valence-electron chi connectivity index (χ1n) is 9.81. The maximum atomic E-state index is 4.87. The third-order valence-electron chi connectivity index (χ3n) is 6.47. The lowest BCUT2D eigenvalue weighted by Crippen LogP contribution is -3.00. The number of rotatable bonds is 2. The second kappa shape index (κ2) is 7.63. The van der Waals surface area contributed by atoms with Crippen molar-refractivity contribution in [1.82, 2.24) is 9.97 Å². The van der Waals surface area contributed by atoms with Gasteiger partial charge >= 0.3 is 0 Å². The van der Waals surface area contributed by atoms with E-state index in [2.05, 4.69) is 77.5 Å². The fourth-order valence-corrected chi connectivity index (χ4v) is 5.42. The number of halogens is 1. The molecule has 2 unspecified atom stereocenters. The van der Waals surface area contributed by atoms with Crippen LogP contribution in [0, 0.1) is 0 Å². The smallest absolute Gasteiger partial charge is 0.190 e. The van der Waals surface area contributed by atoms with Gasteiger partial charge in [-0.1, -0.05) is 42.5 Å². The lowest BCUT2D eigenvalue weighted by atomic mass is 9.55. The Hall–Kier alpha value is -3.08. The predicted molar refractivity (Wildman–Crippen MR) is 111 cm³/mol. The number of hydrogen-bond acceptors (Lipinski definition) is 2. The molecule has 0 spiro atoms. The molecule has 2 aliphatic heterocycles. The summed E-state index contributed by atoms with van der Waals surface area (Å²) in [5, 5.41) is 0. The first-order valence-corrected chi connectivity index (χ1v) is 9.81. The monoisotopic (exact) mass is 415 g/mol. The molecule has 30 heavy (non-hydrogen) atoms. The molecule has 1 aliphatic carbocycles. The normalized spacial score (nSPS) is 19.6. The highest BCUT2D eigenvalue weighted by molar-refractivity contribution is 5.52. The van der Waals surface area contributed by atoms with E-state index in [9.17, 15) is 0 Å². The molecule has 0 fully saturated rings. The van der Waals surface area contributed by atoms with Crippen LogP contribution < -0.4 is 17.0 Å². The SMILES string of the molecule is O.[Cl-].c1ccc(C2(c3ccccn3)CC3c4ccccc4C2c2cccc[n+]23)nc1. The van der Waals surface area contributed by atoms with Crippen LogP contribution in [0.5, 0.6) is 0 Å². The maximum absolute atomic E-state index is 4.87. The standard InChI is InChI=1S/C25H20N3.ClH.H2O/c1-2-10-19-18(9-1)21-17-25(22-12-3-6-14-26-22,23-13-4-7-15-27-23)24(19)20-11-5-8-16-28(20)21;;/h1-16,21,24H,17H2;1H;1H2/q+1;;/p-1. The van der Waals surface area contributed by atoms with E-state index >= 15 is 0 Å². The molecule has 2 bridgehead atoms. The van der Waals surface area contributed by atoms with Crippen LogP contribution in [0.4, 0.5) is 0 Å². The number of aromatic nitrogens is 3. The van der Waals surface area contributed by atoms with Gasteiger partial charge in [0.05, 0.1) is 22.7 Å². The summed E-state index contributed by atoms with van der Waals surface area (Å²) < 4.78 is 2.46. The summed E-state index contributed by atoms with van der Waals surface area (Å²) in [4.78, 5) is 9.73. The van der Waals surface area contributed by atoms with Crippen LogP contribution in [0.15, 0.2) is 97.5 Å². The van der Waals surface area contributed by atoms with Crippen molar-refractivity contribution in [3.8, 4) is 0 Å². The molecule has 1 aromatic carbocycles. The van der Waals surface area contributed by atoms with E-state index in [1.807, 2.05) is 24.5 Å². The van der Waals surface area contributed by atoms with Gasteiger partial charge in [0.25, 0.3) is 0 Å². The Morgan fingerprint density at radius 3 is 1.97 bits per heavy atom. The summed E-state index contributed by atoms with van der Waals surface area (Å²) in [6.45, 7) is 0. The molecule has 0 radical (unpaired) electrons. The van der Waals surface area contributed by atoms with Crippen LogP contribution in [-0.4, -0.2) is 15.4 Å². The van der Waals surface area contributed by atoms with Gasteiger partial charge in [-0.05, 0) is 29.8 Å². The quantitative estimate of drug-likeness (QED) is 0.444. The highest BCUT2D eigenvalue weighted by Gasteiger charge is 2.60. The molecule has 3 aromatic heterocycles. The number of nitrogens with zero attached hydrogens (tertiary/aromatic N) is 3. The lowest BCUT2D eigenvalue weighted by Gasteiger charge is -2.48. The minimum atomic E-state index is -0.275. The lowest BCUT2D eigenvalue weighted by molar-refractivity contribution is -0.732. The van der Waals surface area contributed by atoms with Crippen LogP contribution in [0.3, 0.4) is 0 Å². The molecule has 4 aromatic rings. The molecule has 4 nitrogen and oxygen atoms in total. The second-order valence-corrected chi connectivity index (χ2v) is 7.72. The summed E-state index contributed by atoms with van der Waals surface area (Å²) in [5.41, 5.74) is 6.11. The third kappa shape index (κ3) is 2.61. The maximum Gasteiger partial charge on any atom is 0.190 e. The van der Waals surface area contributed by atoms with E-state index in [1.165, 1.54) is 16.8 Å². The van der Waals surface area contributed by atoms with Gasteiger partial charge in [-0.2, -0.15) is 4.57 Å². The van der Waals surface area contributed by atoms with Crippen molar-refractivity contribution < 1.29 is 22.5 Å². The third-order valence-corrected chi connectivity index (χ3v) is 6.47. The van der Waals surface area contributed by atoms with Crippen molar-refractivity contribution in [3.05, 3.63) is 126 Å². The van der Waals surface area contributed by atoms with E-state index in [-0.39, 0.29) is 35.3 Å². The van der Waals surface area contributed by atoms with Crippen molar-refractivity contribution in [1.29, 1.82) is 0 Å². The van der Waals surface area contributed by atoms with Gasteiger partial charge in [0.1, 0.15) is 0 Å². The molecular weight excluding hydrogens is 394 g/mol. The van der Waals surface area contributed by atoms with Gasteiger partial charge in [-0.25, -0.2) is 0 Å². The van der Waals surface area contributed by atoms with Crippen molar-refractivity contribution in [2.75, 3.05) is 0 Å². The minimum absolute atomic E-state index is 0. The van der Waals surface area contributed by atoms with Gasteiger partial charge in [0, 0.05) is 36.5 Å². The predicted octanol–water partition coefficient (Wildman–Crippen LogP) is 0.368. The van der Waals surface area contributed by atoms with E-state index in [0.29, 0.717) is 0 Å². The molecule has 5 heterocycles. The van der Waals surface area contributed by atoms with Gasteiger partial charge in [-0.3, -0.25) is 9.97 Å². The fraction of sp³-hybridized carbons (Fsp3) is 0.160. The summed E-state index contributed by atoms with van der Waals surface area (Å²) in [5.74, 6) is 0.180. The highest BCUT2D eigenvalue weighted by Crippen LogP contribution is 2.58. The molecule has 5 heteroatoms. The Morgan fingerprint density at radius 2 is 1.33 bits per heavy atom. The van der Waals surface area contributed by atoms with Crippen LogP contribution in [0.2, 0.25) is 0 Å². The second-order valence-electron chi connectivity index (χ2n) is 7.72. The molecule has 7 rings (SSSR count). The Labute approximate surface area is 182 Å². The fourth-order valence-electron chi connectivity index (χ4n) is 5.42. The zero-order valence-electron chi connectivity index (χ0n) is 16.3. The molecule has 3 aliphatic rings. The van der Waals surface area contributed by atoms with Crippen molar-refractivity contribution >= 4 is 0 Å². The number of fused-ring (bicyclic) bond motifs is 1. The molecule has 150 valence electrons. The summed E-state index contributed by atoms with van der Waals surface area (Å²) in [6, 6.07) is 28.3. The number of benzene rings is 1. The van der Waals surface area contributed by atoms with E-state index < -0.39 is 0 Å². The Kier molecular flexibility index (Phi) is 5.14. The molecular formula is C25H22ClN3O. The van der Waals surface area contributed by atoms with E-state index in [4.69, 9.17) is 9.97 Å². The van der Waals surface area contributed by atoms with Gasteiger partial charge in [-0.15, -0.1) is 0 Å². The van der Waals surface area contributed by atoms with E-state index in [0.717, 1.165) is 17.8 Å². The minimum Gasteiger partial charge on any atom is -1.00 e. The first-order chi connectivity index (χ1) is 13.9. The Morgan fingerprint density at radius 1 is 0.733 bits per heavy atom. The molecule has 2 atom stereocenters. The van der Waals surface area contributed by atoms with Crippen molar-refractivity contribution in [3.63, 3.8) is 0 Å². The average Bonchev–Trinajstić information content (AvgIpc) is 2.80. The molecule has 2 N–H and O–H groups in total. The summed E-state index contributed by atoms with van der Waals surface area (Å²) >= 11 is 0. The highest BCUT2D eigenvalue weighted by atomic mass is 35.5. The van der Waals surface area contributed by atoms with Crippen LogP contribution in [0.1, 0.15) is 46.6 Å². The first kappa shape index (κ1) is 20.2. The Balaban J connectivity index is 0.00000109. The van der Waals surface area contributed by atoms with Gasteiger partial charge in [0.2, 0.25) is 0 Å². The summed E-state index contributed by atoms with van der Waals surface area (Å²) in [7, 11) is 0. The average molecular weight is 416 g/mol. The molecule has 0 amide bonds. The van der Waals surface area contributed by atoms with Gasteiger partial charge < -0.3 is 17.9 Å². The molecule has 0 saturated carbocycles. The van der Waals surface area contributed by atoms with E-state index in [1.54, 1.807) is 0 Å². The summed E-state index contributed by atoms with van der Waals surface area (Å²) in [6.07, 6.45) is 7.01. The number of pyridine rings is 3. The van der Waals surface area contributed by atoms with Crippen LogP contribution >= 0.6 is 0 Å². The van der Waals surface area contributed by atoms with Crippen molar-refractivity contribution in [2.45, 2.75) is 23.8 Å². The zero-order valence-corrected chi connectivity index (χ0v) is 17.1. The largest absolute Gasteiger partial charge is 1.00 e. The van der Waals surface area contributed by atoms with Gasteiger partial charge in [0.15, 0.2) is 17.9 Å². The van der Waals surface area contributed by atoms with Crippen molar-refractivity contribution in [2.24, 2.45) is 0 Å². The topological polar surface area (TPSA) is 61.2 Å². The molecule has 0 saturated heterocycles. The Bertz CT molecular complexity index is 1080. The van der Waals surface area contributed by atoms with Crippen LogP contribution in [0.25, 0.3) is 0 Å². The van der Waals surface area contributed by atoms with Crippen LogP contribution in [-0.2, 0) is 5.41 Å². The zero-order chi connectivity index (χ0) is 18.6. The number of hydrogen-bond donors (Lipinski definition) is 0.